The van der Waals surface area contributed by atoms with Crippen molar-refractivity contribution < 1.29 is 18.3 Å². The first-order chi connectivity index (χ1) is 9.03. The van der Waals surface area contributed by atoms with Crippen LogP contribution in [0.4, 0.5) is 8.78 Å². The van der Waals surface area contributed by atoms with E-state index in [1.165, 1.54) is 12.1 Å². The molecule has 0 spiro atoms. The van der Waals surface area contributed by atoms with E-state index in [2.05, 4.69) is 15.9 Å². The highest BCUT2D eigenvalue weighted by Crippen LogP contribution is 2.29. The second kappa shape index (κ2) is 7.19. The fourth-order valence-corrected chi connectivity index (χ4v) is 2.18. The van der Waals surface area contributed by atoms with E-state index in [4.69, 9.17) is 10.00 Å². The van der Waals surface area contributed by atoms with Crippen LogP contribution in [0.15, 0.2) is 12.1 Å². The number of esters is 1. The quantitative estimate of drug-likeness (QED) is 0.613. The SMILES string of the molecule is CCOC(=O)Cc1cc(C#N)c(C(F)F)c(CBr)c1. The van der Waals surface area contributed by atoms with Gasteiger partial charge < -0.3 is 4.74 Å². The first kappa shape index (κ1) is 15.6. The minimum Gasteiger partial charge on any atom is -0.466 e. The summed E-state index contributed by atoms with van der Waals surface area (Å²) in [7, 11) is 0. The van der Waals surface area contributed by atoms with Crippen LogP contribution in [-0.2, 0) is 21.3 Å². The van der Waals surface area contributed by atoms with Crippen LogP contribution in [0, 0.1) is 11.3 Å². The Hall–Kier alpha value is -1.48. The lowest BCUT2D eigenvalue weighted by atomic mass is 9.98. The summed E-state index contributed by atoms with van der Waals surface area (Å²) < 4.78 is 30.6. The predicted octanol–water partition coefficient (Wildman–Crippen LogP) is 3.50. The summed E-state index contributed by atoms with van der Waals surface area (Å²) in [5, 5.41) is 9.13. The Morgan fingerprint density at radius 3 is 2.68 bits per heavy atom. The van der Waals surface area contributed by atoms with Crippen LogP contribution < -0.4 is 0 Å². The van der Waals surface area contributed by atoms with Crippen LogP contribution in [0.1, 0.15) is 35.6 Å². The van der Waals surface area contributed by atoms with Crippen LogP contribution in [0.25, 0.3) is 0 Å². The topological polar surface area (TPSA) is 50.1 Å². The van der Waals surface area contributed by atoms with Gasteiger partial charge in [-0.3, -0.25) is 4.79 Å². The van der Waals surface area contributed by atoms with E-state index in [1.807, 2.05) is 0 Å². The van der Waals surface area contributed by atoms with E-state index in [-0.39, 0.29) is 29.5 Å². The number of alkyl halides is 3. The normalized spacial score (nSPS) is 10.3. The van der Waals surface area contributed by atoms with Crippen LogP contribution in [0.2, 0.25) is 0 Å². The Labute approximate surface area is 118 Å². The van der Waals surface area contributed by atoms with Crippen LogP contribution in [0.3, 0.4) is 0 Å². The Balaban J connectivity index is 3.17. The maximum atomic E-state index is 12.9. The zero-order valence-electron chi connectivity index (χ0n) is 10.3. The summed E-state index contributed by atoms with van der Waals surface area (Å²) in [6.07, 6.45) is -2.76. The van der Waals surface area contributed by atoms with Crippen LogP contribution >= 0.6 is 15.9 Å². The van der Waals surface area contributed by atoms with E-state index >= 15 is 0 Å². The van der Waals surface area contributed by atoms with Gasteiger partial charge in [0.1, 0.15) is 0 Å². The van der Waals surface area contributed by atoms with Crippen molar-refractivity contribution in [2.45, 2.75) is 25.1 Å². The first-order valence-electron chi connectivity index (χ1n) is 5.59. The van der Waals surface area contributed by atoms with Gasteiger partial charge in [0.25, 0.3) is 6.43 Å². The van der Waals surface area contributed by atoms with Crippen LogP contribution in [0.5, 0.6) is 0 Å². The summed E-state index contributed by atoms with van der Waals surface area (Å²) in [6, 6.07) is 4.55. The van der Waals surface area contributed by atoms with Gasteiger partial charge in [0.2, 0.25) is 0 Å². The molecule has 0 aliphatic rings. The lowest BCUT2D eigenvalue weighted by Gasteiger charge is -2.11. The number of carbonyl (C=O) groups excluding carboxylic acids is 1. The van der Waals surface area contributed by atoms with Crippen molar-refractivity contribution >= 4 is 21.9 Å². The zero-order valence-corrected chi connectivity index (χ0v) is 11.8. The molecule has 1 aromatic rings. The van der Waals surface area contributed by atoms with Crippen molar-refractivity contribution in [1.29, 1.82) is 5.26 Å². The highest BCUT2D eigenvalue weighted by atomic mass is 79.9. The molecule has 0 aliphatic carbocycles. The predicted molar refractivity (Wildman–Crippen MR) is 69.1 cm³/mol. The summed E-state index contributed by atoms with van der Waals surface area (Å²) in [5.41, 5.74) is 0.417. The van der Waals surface area contributed by atoms with Crippen molar-refractivity contribution in [3.8, 4) is 6.07 Å². The standard InChI is InChI=1S/C13H12BrF2NO2/c1-2-19-11(18)5-8-3-9(6-14)12(13(15)16)10(4-8)7-17/h3-4,13H,2,5-6H2,1H3. The minimum absolute atomic E-state index is 0.0357. The molecule has 1 rings (SSSR count). The van der Waals surface area contributed by atoms with Gasteiger partial charge in [0.15, 0.2) is 0 Å². The third-order valence-corrected chi connectivity index (χ3v) is 3.07. The summed E-state index contributed by atoms with van der Waals surface area (Å²) in [4.78, 5) is 11.4. The summed E-state index contributed by atoms with van der Waals surface area (Å²) in [6.45, 7) is 1.94. The first-order valence-corrected chi connectivity index (χ1v) is 6.71. The van der Waals surface area contributed by atoms with Crippen molar-refractivity contribution in [2.24, 2.45) is 0 Å². The molecule has 6 heteroatoms. The smallest absolute Gasteiger partial charge is 0.310 e. The molecule has 0 aliphatic heterocycles. The van der Waals surface area contributed by atoms with Crippen LogP contribution in [-0.4, -0.2) is 12.6 Å². The van der Waals surface area contributed by atoms with Gasteiger partial charge >= 0.3 is 5.97 Å². The van der Waals surface area contributed by atoms with Gasteiger partial charge in [-0.15, -0.1) is 0 Å². The zero-order chi connectivity index (χ0) is 14.4. The second-order valence-electron chi connectivity index (χ2n) is 3.74. The number of hydrogen-bond acceptors (Lipinski definition) is 3. The van der Waals surface area contributed by atoms with Gasteiger partial charge in [-0.1, -0.05) is 22.0 Å². The van der Waals surface area contributed by atoms with E-state index in [9.17, 15) is 13.6 Å². The molecule has 0 saturated heterocycles. The van der Waals surface area contributed by atoms with Crippen molar-refractivity contribution in [1.82, 2.24) is 0 Å². The van der Waals surface area contributed by atoms with Gasteiger partial charge in [-0.25, -0.2) is 8.78 Å². The van der Waals surface area contributed by atoms with E-state index in [1.54, 1.807) is 13.0 Å². The monoisotopic (exact) mass is 331 g/mol. The molecule has 0 fully saturated rings. The molecule has 0 bridgehead atoms. The van der Waals surface area contributed by atoms with Gasteiger partial charge in [0.05, 0.1) is 24.7 Å². The molecular formula is C13H12BrF2NO2. The third-order valence-electron chi connectivity index (χ3n) is 2.46. The molecule has 1 aromatic carbocycles. The number of nitrogens with zero attached hydrogens (tertiary/aromatic N) is 1. The number of halogens is 3. The molecule has 0 atom stereocenters. The third kappa shape index (κ3) is 4.00. The molecule has 0 saturated carbocycles. The van der Waals surface area contributed by atoms with E-state index in [0.29, 0.717) is 11.1 Å². The number of nitriles is 1. The molecule has 3 nitrogen and oxygen atoms in total. The molecule has 0 N–H and O–H groups in total. The molecule has 0 aromatic heterocycles. The summed E-state index contributed by atoms with van der Waals surface area (Å²) in [5.74, 6) is -0.447. The lowest BCUT2D eigenvalue weighted by molar-refractivity contribution is -0.142. The minimum atomic E-state index is -2.72. The Morgan fingerprint density at radius 1 is 1.53 bits per heavy atom. The number of ether oxygens (including phenoxy) is 1. The number of rotatable bonds is 5. The Kier molecular flexibility index (Phi) is 5.90. The van der Waals surface area contributed by atoms with Crippen molar-refractivity contribution in [3.63, 3.8) is 0 Å². The maximum absolute atomic E-state index is 12.9. The molecular weight excluding hydrogens is 320 g/mol. The molecule has 0 amide bonds. The second-order valence-corrected chi connectivity index (χ2v) is 4.30. The largest absolute Gasteiger partial charge is 0.466 e. The fraction of sp³-hybridized carbons (Fsp3) is 0.385. The van der Waals surface area contributed by atoms with Gasteiger partial charge in [0, 0.05) is 10.9 Å². The van der Waals surface area contributed by atoms with Crippen molar-refractivity contribution in [3.05, 3.63) is 34.4 Å². The van der Waals surface area contributed by atoms with Gasteiger partial charge in [-0.2, -0.15) is 5.26 Å². The molecule has 0 heterocycles. The fourth-order valence-electron chi connectivity index (χ4n) is 1.72. The Bertz CT molecular complexity index is 512. The molecule has 102 valence electrons. The highest BCUT2D eigenvalue weighted by Gasteiger charge is 2.19. The maximum Gasteiger partial charge on any atom is 0.310 e. The molecule has 19 heavy (non-hydrogen) atoms. The number of benzene rings is 1. The molecule has 0 unspecified atom stereocenters. The highest BCUT2D eigenvalue weighted by molar-refractivity contribution is 9.08. The van der Waals surface area contributed by atoms with E-state index in [0.717, 1.165) is 0 Å². The van der Waals surface area contributed by atoms with Gasteiger partial charge in [-0.05, 0) is 24.1 Å². The lowest BCUT2D eigenvalue weighted by Crippen LogP contribution is -2.09. The summed E-state index contributed by atoms with van der Waals surface area (Å²) >= 11 is 3.11. The number of hydrogen-bond donors (Lipinski definition) is 0. The Morgan fingerprint density at radius 2 is 2.21 bits per heavy atom. The average molecular weight is 332 g/mol. The average Bonchev–Trinajstić information content (AvgIpc) is 2.37. The van der Waals surface area contributed by atoms with E-state index < -0.39 is 12.4 Å². The number of carbonyl (C=O) groups is 1. The van der Waals surface area contributed by atoms with Crippen molar-refractivity contribution in [2.75, 3.05) is 6.61 Å². The molecule has 0 radical (unpaired) electrons.